The van der Waals surface area contributed by atoms with Crippen molar-refractivity contribution in [3.63, 3.8) is 0 Å². The van der Waals surface area contributed by atoms with Gasteiger partial charge < -0.3 is 5.32 Å². The molecule has 20 heavy (non-hydrogen) atoms. The van der Waals surface area contributed by atoms with E-state index in [0.29, 0.717) is 10.9 Å². The predicted molar refractivity (Wildman–Crippen MR) is 82.0 cm³/mol. The molecule has 1 amide bonds. The number of aromatic nitrogens is 1. The second kappa shape index (κ2) is 5.75. The molecule has 1 heterocycles. The van der Waals surface area contributed by atoms with E-state index in [9.17, 15) is 4.79 Å². The van der Waals surface area contributed by atoms with Crippen LogP contribution >= 0.6 is 11.3 Å². The minimum atomic E-state index is 0.0224. The Morgan fingerprint density at radius 3 is 2.80 bits per heavy atom. The highest BCUT2D eigenvalue weighted by molar-refractivity contribution is 7.16. The van der Waals surface area contributed by atoms with Crippen LogP contribution in [0.5, 0.6) is 0 Å². The fourth-order valence-electron chi connectivity index (χ4n) is 2.64. The van der Waals surface area contributed by atoms with Gasteiger partial charge in [0.1, 0.15) is 9.88 Å². The Kier molecular flexibility index (Phi) is 3.83. The number of nitrogens with zero attached hydrogens (tertiary/aromatic N) is 1. The van der Waals surface area contributed by atoms with Crippen LogP contribution in [0, 0.1) is 6.92 Å². The summed E-state index contributed by atoms with van der Waals surface area (Å²) in [7, 11) is 0. The molecule has 1 N–H and O–H groups in total. The van der Waals surface area contributed by atoms with E-state index in [1.54, 1.807) is 6.20 Å². The van der Waals surface area contributed by atoms with Crippen LogP contribution in [0.1, 0.15) is 40.9 Å². The number of nitrogens with one attached hydrogen (secondary N) is 1. The van der Waals surface area contributed by atoms with Crippen molar-refractivity contribution in [1.82, 2.24) is 10.3 Å². The van der Waals surface area contributed by atoms with E-state index in [1.165, 1.54) is 29.7 Å². The summed E-state index contributed by atoms with van der Waals surface area (Å²) >= 11 is 1.47. The van der Waals surface area contributed by atoms with Crippen molar-refractivity contribution in [2.75, 3.05) is 0 Å². The summed E-state index contributed by atoms with van der Waals surface area (Å²) < 4.78 is 0. The fourth-order valence-corrected chi connectivity index (χ4v) is 3.55. The smallest absolute Gasteiger partial charge is 0.263 e. The number of thiazole rings is 1. The van der Waals surface area contributed by atoms with Gasteiger partial charge in [-0.3, -0.25) is 4.79 Å². The number of hydrogen-bond acceptors (Lipinski definition) is 3. The first kappa shape index (κ1) is 13.3. The number of carbonyl (C=O) groups is 1. The lowest BCUT2D eigenvalue weighted by atomic mass is 10.1. The maximum absolute atomic E-state index is 12.2. The number of hydrogen-bond donors (Lipinski definition) is 1. The van der Waals surface area contributed by atoms with E-state index in [4.69, 9.17) is 0 Å². The Morgan fingerprint density at radius 2 is 2.05 bits per heavy atom. The molecule has 4 heteroatoms. The minimum Gasteiger partial charge on any atom is -0.349 e. The molecule has 0 saturated heterocycles. The van der Waals surface area contributed by atoms with Crippen molar-refractivity contribution in [3.05, 3.63) is 40.9 Å². The Labute approximate surface area is 123 Å². The van der Waals surface area contributed by atoms with E-state index in [0.717, 1.165) is 23.4 Å². The van der Waals surface area contributed by atoms with Crippen molar-refractivity contribution in [3.8, 4) is 10.6 Å². The van der Waals surface area contributed by atoms with Gasteiger partial charge in [-0.05, 0) is 25.3 Å². The number of rotatable bonds is 3. The van der Waals surface area contributed by atoms with Gasteiger partial charge in [0.15, 0.2) is 0 Å². The first-order chi connectivity index (χ1) is 9.74. The van der Waals surface area contributed by atoms with Crippen LogP contribution < -0.4 is 5.32 Å². The van der Waals surface area contributed by atoms with Crippen LogP contribution in [0.4, 0.5) is 0 Å². The first-order valence-electron chi connectivity index (χ1n) is 7.07. The second-order valence-corrected chi connectivity index (χ2v) is 6.33. The molecule has 1 aromatic heterocycles. The van der Waals surface area contributed by atoms with Crippen molar-refractivity contribution in [2.45, 2.75) is 38.6 Å². The topological polar surface area (TPSA) is 42.0 Å². The van der Waals surface area contributed by atoms with Gasteiger partial charge in [0.25, 0.3) is 5.91 Å². The van der Waals surface area contributed by atoms with Crippen molar-refractivity contribution in [1.29, 1.82) is 0 Å². The molecule has 1 aliphatic carbocycles. The molecule has 0 aliphatic heterocycles. The molecule has 1 fully saturated rings. The Bertz CT molecular complexity index is 614. The van der Waals surface area contributed by atoms with Gasteiger partial charge in [-0.2, -0.15) is 0 Å². The molecule has 1 aromatic carbocycles. The zero-order chi connectivity index (χ0) is 13.9. The summed E-state index contributed by atoms with van der Waals surface area (Å²) in [4.78, 5) is 17.3. The average molecular weight is 286 g/mol. The number of aryl methyl sites for hydroxylation is 1. The van der Waals surface area contributed by atoms with Gasteiger partial charge in [-0.15, -0.1) is 11.3 Å². The van der Waals surface area contributed by atoms with Crippen molar-refractivity contribution in [2.24, 2.45) is 0 Å². The fraction of sp³-hybridized carbons (Fsp3) is 0.375. The highest BCUT2D eigenvalue weighted by Gasteiger charge is 2.19. The second-order valence-electron chi connectivity index (χ2n) is 5.30. The van der Waals surface area contributed by atoms with E-state index in [-0.39, 0.29) is 5.91 Å². The molecular weight excluding hydrogens is 268 g/mol. The van der Waals surface area contributed by atoms with Gasteiger partial charge in [0, 0.05) is 11.6 Å². The third kappa shape index (κ3) is 2.75. The summed E-state index contributed by atoms with van der Waals surface area (Å²) in [6.45, 7) is 2.06. The zero-order valence-electron chi connectivity index (χ0n) is 11.6. The maximum atomic E-state index is 12.2. The third-order valence-corrected chi connectivity index (χ3v) is 4.82. The first-order valence-corrected chi connectivity index (χ1v) is 7.88. The highest BCUT2D eigenvalue weighted by Crippen LogP contribution is 2.28. The quantitative estimate of drug-likeness (QED) is 0.932. The van der Waals surface area contributed by atoms with Gasteiger partial charge in [-0.25, -0.2) is 4.98 Å². The molecule has 0 unspecified atom stereocenters. The van der Waals surface area contributed by atoms with Crippen LogP contribution in [0.3, 0.4) is 0 Å². The lowest BCUT2D eigenvalue weighted by molar-refractivity contribution is 0.0942. The SMILES string of the molecule is Cc1ccccc1-c1ncc(C(=O)NC2CCCC2)s1. The summed E-state index contributed by atoms with van der Waals surface area (Å²) in [6.07, 6.45) is 6.35. The Balaban J connectivity index is 1.76. The summed E-state index contributed by atoms with van der Waals surface area (Å²) in [5.41, 5.74) is 2.29. The lowest BCUT2D eigenvalue weighted by Crippen LogP contribution is -2.31. The van der Waals surface area contributed by atoms with Crippen molar-refractivity contribution < 1.29 is 4.79 Å². The molecule has 1 aliphatic rings. The van der Waals surface area contributed by atoms with Crippen LogP contribution in [-0.2, 0) is 0 Å². The Morgan fingerprint density at radius 1 is 1.30 bits per heavy atom. The van der Waals surface area contributed by atoms with Crippen LogP contribution in [0.25, 0.3) is 10.6 Å². The summed E-state index contributed by atoms with van der Waals surface area (Å²) in [6, 6.07) is 8.48. The summed E-state index contributed by atoms with van der Waals surface area (Å²) in [5, 5.41) is 4.02. The molecule has 1 saturated carbocycles. The minimum absolute atomic E-state index is 0.0224. The predicted octanol–water partition coefficient (Wildman–Crippen LogP) is 3.79. The molecule has 0 spiro atoms. The van der Waals surface area contributed by atoms with Gasteiger partial charge in [0.2, 0.25) is 0 Å². The zero-order valence-corrected chi connectivity index (χ0v) is 12.4. The molecule has 2 aromatic rings. The molecule has 3 nitrogen and oxygen atoms in total. The van der Waals surface area contributed by atoms with E-state index < -0.39 is 0 Å². The van der Waals surface area contributed by atoms with E-state index >= 15 is 0 Å². The maximum Gasteiger partial charge on any atom is 0.263 e. The molecular formula is C16H18N2OS. The van der Waals surface area contributed by atoms with Crippen LogP contribution in [-0.4, -0.2) is 16.9 Å². The van der Waals surface area contributed by atoms with Gasteiger partial charge in [-0.1, -0.05) is 37.1 Å². The molecule has 3 rings (SSSR count). The van der Waals surface area contributed by atoms with Gasteiger partial charge in [0.05, 0.1) is 6.20 Å². The molecule has 0 atom stereocenters. The number of benzene rings is 1. The average Bonchev–Trinajstić information content (AvgIpc) is 3.10. The van der Waals surface area contributed by atoms with Crippen molar-refractivity contribution >= 4 is 17.2 Å². The number of carbonyl (C=O) groups excluding carboxylic acids is 1. The van der Waals surface area contributed by atoms with Crippen LogP contribution in [0.2, 0.25) is 0 Å². The van der Waals surface area contributed by atoms with E-state index in [1.807, 2.05) is 18.2 Å². The molecule has 0 bridgehead atoms. The summed E-state index contributed by atoms with van der Waals surface area (Å²) in [5.74, 6) is 0.0224. The standard InChI is InChI=1S/C16H18N2OS/c1-11-6-2-5-9-13(11)16-17-10-14(20-16)15(19)18-12-7-3-4-8-12/h2,5-6,9-10,12H,3-4,7-8H2,1H3,(H,18,19). The van der Waals surface area contributed by atoms with Crippen LogP contribution in [0.15, 0.2) is 30.5 Å². The number of amides is 1. The third-order valence-electron chi connectivity index (χ3n) is 3.80. The monoisotopic (exact) mass is 286 g/mol. The van der Waals surface area contributed by atoms with Gasteiger partial charge >= 0.3 is 0 Å². The normalized spacial score (nSPS) is 15.4. The molecule has 104 valence electrons. The Hall–Kier alpha value is -1.68. The van der Waals surface area contributed by atoms with E-state index in [2.05, 4.69) is 23.3 Å². The molecule has 0 radical (unpaired) electrons. The highest BCUT2D eigenvalue weighted by atomic mass is 32.1. The lowest BCUT2D eigenvalue weighted by Gasteiger charge is -2.09. The largest absolute Gasteiger partial charge is 0.349 e.